The minimum Gasteiger partial charge on any atom is -0.481 e. The minimum absolute atomic E-state index is 0.243. The number of hydrogen-bond donors (Lipinski definition) is 2. The third-order valence-corrected chi connectivity index (χ3v) is 6.72. The van der Waals surface area contributed by atoms with Gasteiger partial charge < -0.3 is 10.4 Å². The molecule has 0 saturated heterocycles. The zero-order valence-corrected chi connectivity index (χ0v) is 17.8. The van der Waals surface area contributed by atoms with Crippen LogP contribution in [0.25, 0.3) is 0 Å². The normalized spacial score (nSPS) is 26.2. The van der Waals surface area contributed by atoms with E-state index in [9.17, 15) is 4.79 Å². The van der Waals surface area contributed by atoms with Crippen LogP contribution in [0.2, 0.25) is 10.0 Å². The number of aliphatic carboxylic acids is 1. The zero-order valence-electron chi connectivity index (χ0n) is 16.3. The minimum atomic E-state index is -0.716. The summed E-state index contributed by atoms with van der Waals surface area (Å²) in [6.45, 7) is 3.74. The van der Waals surface area contributed by atoms with Gasteiger partial charge >= 0.3 is 5.97 Å². The zero-order chi connectivity index (χ0) is 20.1. The molecule has 0 radical (unpaired) electrons. The highest BCUT2D eigenvalue weighted by Crippen LogP contribution is 2.45. The molecule has 2 bridgehead atoms. The predicted octanol–water partition coefficient (Wildman–Crippen LogP) is 6.03. The van der Waals surface area contributed by atoms with Crippen molar-refractivity contribution >= 4 is 29.2 Å². The summed E-state index contributed by atoms with van der Waals surface area (Å²) in [5, 5.41) is 13.8. The van der Waals surface area contributed by atoms with E-state index in [-0.39, 0.29) is 6.42 Å². The summed E-state index contributed by atoms with van der Waals surface area (Å²) in [6.07, 6.45) is 13.6. The fourth-order valence-corrected chi connectivity index (χ4v) is 5.32. The van der Waals surface area contributed by atoms with E-state index >= 15 is 0 Å². The molecule has 2 N–H and O–H groups in total. The number of carbonyl (C=O) groups is 1. The fraction of sp³-hybridized carbons (Fsp3) is 0.522. The second-order valence-electron chi connectivity index (χ2n) is 8.06. The van der Waals surface area contributed by atoms with Crippen molar-refractivity contribution in [3.05, 3.63) is 57.6 Å². The van der Waals surface area contributed by atoms with Gasteiger partial charge in [-0.2, -0.15) is 0 Å². The lowest BCUT2D eigenvalue weighted by atomic mass is 9.62. The quantitative estimate of drug-likeness (QED) is 0.377. The molecule has 0 unspecified atom stereocenters. The molecule has 1 aromatic carbocycles. The summed E-state index contributed by atoms with van der Waals surface area (Å²) in [6, 6.07) is 3.76. The first kappa shape index (κ1) is 21.4. The van der Waals surface area contributed by atoms with Crippen molar-refractivity contribution in [2.75, 3.05) is 6.54 Å². The molecule has 3 aliphatic rings. The van der Waals surface area contributed by atoms with Crippen molar-refractivity contribution in [2.45, 2.75) is 45.6 Å². The molecule has 0 aliphatic heterocycles. The van der Waals surface area contributed by atoms with Crippen molar-refractivity contribution < 1.29 is 9.90 Å². The third kappa shape index (κ3) is 5.40. The van der Waals surface area contributed by atoms with Crippen LogP contribution in [0.1, 0.15) is 43.2 Å². The molecule has 152 valence electrons. The maximum atomic E-state index is 10.7. The van der Waals surface area contributed by atoms with E-state index in [1.165, 1.54) is 12.8 Å². The van der Waals surface area contributed by atoms with Crippen molar-refractivity contribution in [1.29, 1.82) is 0 Å². The van der Waals surface area contributed by atoms with Gasteiger partial charge in [0.1, 0.15) is 0 Å². The van der Waals surface area contributed by atoms with Crippen molar-refractivity contribution in [1.82, 2.24) is 5.32 Å². The van der Waals surface area contributed by atoms with Crippen LogP contribution in [0.5, 0.6) is 0 Å². The number of nitrogens with one attached hydrogen (secondary N) is 1. The average Bonchev–Trinajstić information content (AvgIpc) is 2.65. The molecule has 0 heterocycles. The summed E-state index contributed by atoms with van der Waals surface area (Å²) in [7, 11) is 0. The van der Waals surface area contributed by atoms with E-state index in [0.717, 1.165) is 35.7 Å². The smallest absolute Gasteiger partial charge is 0.303 e. The van der Waals surface area contributed by atoms with Crippen LogP contribution in [0.3, 0.4) is 0 Å². The number of carboxylic acids is 1. The van der Waals surface area contributed by atoms with Gasteiger partial charge in [-0.15, -0.1) is 0 Å². The molecule has 0 aromatic heterocycles. The molecule has 3 aliphatic carbocycles. The lowest BCUT2D eigenvalue weighted by molar-refractivity contribution is -0.137. The van der Waals surface area contributed by atoms with E-state index < -0.39 is 5.97 Å². The van der Waals surface area contributed by atoms with Crippen LogP contribution in [0.15, 0.2) is 36.4 Å². The Morgan fingerprint density at radius 1 is 1.25 bits per heavy atom. The van der Waals surface area contributed by atoms with Gasteiger partial charge in [-0.3, -0.25) is 4.79 Å². The van der Waals surface area contributed by atoms with Gasteiger partial charge in [-0.1, -0.05) is 47.5 Å². The Kier molecular flexibility index (Phi) is 7.62. The highest BCUT2D eigenvalue weighted by atomic mass is 35.5. The number of halogens is 2. The molecular formula is C23H29Cl2NO2. The van der Waals surface area contributed by atoms with Gasteiger partial charge in [-0.25, -0.2) is 0 Å². The maximum absolute atomic E-state index is 10.7. The Morgan fingerprint density at radius 3 is 2.68 bits per heavy atom. The molecule has 0 amide bonds. The molecule has 4 atom stereocenters. The molecule has 5 heteroatoms. The first-order chi connectivity index (χ1) is 13.5. The fourth-order valence-electron chi connectivity index (χ4n) is 4.66. The number of hydrogen-bond acceptors (Lipinski definition) is 2. The van der Waals surface area contributed by atoms with E-state index in [1.807, 2.05) is 13.0 Å². The highest BCUT2D eigenvalue weighted by Gasteiger charge is 2.38. The topological polar surface area (TPSA) is 49.3 Å². The number of unbranched alkanes of at least 4 members (excludes halogenated alkanes) is 1. The largest absolute Gasteiger partial charge is 0.481 e. The summed E-state index contributed by atoms with van der Waals surface area (Å²) < 4.78 is 0. The Balaban J connectivity index is 1.58. The van der Waals surface area contributed by atoms with Crippen LogP contribution in [-0.2, 0) is 11.3 Å². The van der Waals surface area contributed by atoms with Crippen LogP contribution < -0.4 is 5.32 Å². The molecule has 1 fully saturated rings. The molecular weight excluding hydrogens is 393 g/mol. The number of aryl methyl sites for hydroxylation is 1. The summed E-state index contributed by atoms with van der Waals surface area (Å²) >= 11 is 12.5. The van der Waals surface area contributed by atoms with E-state index in [2.05, 4.69) is 29.6 Å². The third-order valence-electron chi connectivity index (χ3n) is 6.16. The number of carboxylic acid groups (broad SMARTS) is 1. The summed E-state index contributed by atoms with van der Waals surface area (Å²) in [5.74, 6) is 1.61. The van der Waals surface area contributed by atoms with Crippen molar-refractivity contribution in [3.63, 3.8) is 0 Å². The Hall–Kier alpha value is -1.29. The monoisotopic (exact) mass is 421 g/mol. The molecule has 3 nitrogen and oxygen atoms in total. The van der Waals surface area contributed by atoms with E-state index in [1.54, 1.807) is 6.07 Å². The number of fused-ring (bicyclic) bond motifs is 2. The second-order valence-corrected chi connectivity index (χ2v) is 8.90. The van der Waals surface area contributed by atoms with Gasteiger partial charge in [0.25, 0.3) is 0 Å². The lowest BCUT2D eigenvalue weighted by Crippen LogP contribution is -2.41. The van der Waals surface area contributed by atoms with Crippen molar-refractivity contribution in [2.24, 2.45) is 23.7 Å². The SMILES string of the molecule is Cc1cc(Cl)cc(Cl)c1CNC[C@@H]1[C@@H](/C=C\CCCC(=O)O)[C@H]2C=C[C@@H]1CC2. The van der Waals surface area contributed by atoms with Gasteiger partial charge in [0.2, 0.25) is 0 Å². The Labute approximate surface area is 177 Å². The number of benzene rings is 1. The van der Waals surface area contributed by atoms with Crippen LogP contribution in [-0.4, -0.2) is 17.6 Å². The lowest BCUT2D eigenvalue weighted by Gasteiger charge is -2.44. The molecule has 4 rings (SSSR count). The number of rotatable bonds is 9. The van der Waals surface area contributed by atoms with E-state index in [0.29, 0.717) is 35.1 Å². The maximum Gasteiger partial charge on any atom is 0.303 e. The van der Waals surface area contributed by atoms with Gasteiger partial charge in [0, 0.05) is 23.0 Å². The number of allylic oxidation sites excluding steroid dienone is 4. The second kappa shape index (κ2) is 9.96. The Bertz CT molecular complexity index is 736. The molecule has 28 heavy (non-hydrogen) atoms. The molecule has 1 saturated carbocycles. The predicted molar refractivity (Wildman–Crippen MR) is 116 cm³/mol. The molecule has 0 spiro atoms. The van der Waals surface area contributed by atoms with Gasteiger partial charge in [0.05, 0.1) is 0 Å². The first-order valence-corrected chi connectivity index (χ1v) is 10.9. The van der Waals surface area contributed by atoms with Gasteiger partial charge in [-0.05, 0) is 86.1 Å². The summed E-state index contributed by atoms with van der Waals surface area (Å²) in [5.41, 5.74) is 2.23. The van der Waals surface area contributed by atoms with Crippen LogP contribution in [0, 0.1) is 30.6 Å². The van der Waals surface area contributed by atoms with Crippen LogP contribution in [0.4, 0.5) is 0 Å². The van der Waals surface area contributed by atoms with E-state index in [4.69, 9.17) is 28.3 Å². The standard InChI is InChI=1S/C23H29Cl2NO2/c1-15-11-18(24)12-22(25)20(15)13-26-14-21-17-9-7-16(8-10-17)19(21)5-3-2-4-6-23(27)28/h3,5,7,9,11-12,16-17,19,21,26H,2,4,6,8,10,13-14H2,1H3,(H,27,28)/b5-3-/t16-,17+,19-,21-/m0/s1. The van der Waals surface area contributed by atoms with Crippen molar-refractivity contribution in [3.8, 4) is 0 Å². The Morgan fingerprint density at radius 2 is 2.00 bits per heavy atom. The van der Waals surface area contributed by atoms with Crippen LogP contribution >= 0.6 is 23.2 Å². The van der Waals surface area contributed by atoms with Gasteiger partial charge in [0.15, 0.2) is 0 Å². The first-order valence-electron chi connectivity index (χ1n) is 10.2. The highest BCUT2D eigenvalue weighted by molar-refractivity contribution is 6.35. The average molecular weight is 422 g/mol. The summed E-state index contributed by atoms with van der Waals surface area (Å²) in [4.78, 5) is 10.7. The molecule has 1 aromatic rings.